The molecule has 2 nitrogen and oxygen atoms in total. The van der Waals surface area contributed by atoms with Gasteiger partial charge in [0.15, 0.2) is 0 Å². The van der Waals surface area contributed by atoms with Gasteiger partial charge in [-0.2, -0.15) is 0 Å². The van der Waals surface area contributed by atoms with Crippen LogP contribution >= 0.6 is 0 Å². The standard InChI is InChI=1S/C10H24N2/c1-9(2)12(5)8-10(3,4)6-7-11/h9H,6-8,11H2,1-5H3. The summed E-state index contributed by atoms with van der Waals surface area (Å²) in [4.78, 5) is 2.37. The highest BCUT2D eigenvalue weighted by molar-refractivity contribution is 4.74. The van der Waals surface area contributed by atoms with Crippen LogP contribution in [0.4, 0.5) is 0 Å². The molecule has 0 saturated carbocycles. The van der Waals surface area contributed by atoms with Gasteiger partial charge in [-0.1, -0.05) is 13.8 Å². The van der Waals surface area contributed by atoms with Crippen molar-refractivity contribution in [3.63, 3.8) is 0 Å². The lowest BCUT2D eigenvalue weighted by molar-refractivity contribution is 0.170. The number of rotatable bonds is 5. The van der Waals surface area contributed by atoms with E-state index in [-0.39, 0.29) is 0 Å². The monoisotopic (exact) mass is 172 g/mol. The molecule has 0 amide bonds. The van der Waals surface area contributed by atoms with Gasteiger partial charge in [-0.05, 0) is 39.3 Å². The first kappa shape index (κ1) is 11.9. The van der Waals surface area contributed by atoms with E-state index in [4.69, 9.17) is 5.73 Å². The predicted molar refractivity (Wildman–Crippen MR) is 55.2 cm³/mol. The van der Waals surface area contributed by atoms with Crippen LogP contribution < -0.4 is 5.73 Å². The van der Waals surface area contributed by atoms with Gasteiger partial charge in [0, 0.05) is 12.6 Å². The maximum absolute atomic E-state index is 5.55. The minimum absolute atomic E-state index is 0.355. The molecule has 0 aliphatic rings. The van der Waals surface area contributed by atoms with Crippen molar-refractivity contribution in [2.24, 2.45) is 11.1 Å². The van der Waals surface area contributed by atoms with E-state index in [0.717, 1.165) is 19.5 Å². The highest BCUT2D eigenvalue weighted by Crippen LogP contribution is 2.20. The second kappa shape index (κ2) is 4.83. The van der Waals surface area contributed by atoms with Gasteiger partial charge < -0.3 is 10.6 Å². The molecule has 2 N–H and O–H groups in total. The van der Waals surface area contributed by atoms with Gasteiger partial charge in [0.2, 0.25) is 0 Å². The summed E-state index contributed by atoms with van der Waals surface area (Å²) in [6.45, 7) is 10.9. The Kier molecular flexibility index (Phi) is 4.80. The van der Waals surface area contributed by atoms with E-state index in [1.165, 1.54) is 0 Å². The first-order valence-corrected chi connectivity index (χ1v) is 4.79. The Bertz CT molecular complexity index is 119. The second-order valence-electron chi connectivity index (χ2n) is 4.71. The van der Waals surface area contributed by atoms with Gasteiger partial charge in [0.1, 0.15) is 0 Å². The molecule has 0 aliphatic carbocycles. The van der Waals surface area contributed by atoms with Crippen LogP contribution in [-0.4, -0.2) is 31.1 Å². The smallest absolute Gasteiger partial charge is 0.00357 e. The van der Waals surface area contributed by atoms with Crippen molar-refractivity contribution >= 4 is 0 Å². The molecule has 0 bridgehead atoms. The first-order valence-electron chi connectivity index (χ1n) is 4.79. The zero-order valence-corrected chi connectivity index (χ0v) is 9.22. The molecule has 0 aliphatic heterocycles. The fourth-order valence-electron chi connectivity index (χ4n) is 1.33. The SMILES string of the molecule is CC(C)N(C)CC(C)(C)CCN. The Hall–Kier alpha value is -0.0800. The molecule has 74 valence electrons. The Morgan fingerprint density at radius 2 is 1.83 bits per heavy atom. The molecule has 0 aromatic carbocycles. The van der Waals surface area contributed by atoms with Crippen LogP contribution in [0.15, 0.2) is 0 Å². The maximum Gasteiger partial charge on any atom is 0.00357 e. The highest BCUT2D eigenvalue weighted by atomic mass is 15.1. The van der Waals surface area contributed by atoms with Gasteiger partial charge in [-0.25, -0.2) is 0 Å². The van der Waals surface area contributed by atoms with E-state index < -0.39 is 0 Å². The molecule has 0 saturated heterocycles. The van der Waals surface area contributed by atoms with E-state index in [1.807, 2.05) is 0 Å². The Balaban J connectivity index is 3.87. The molecule has 0 rings (SSSR count). The summed E-state index contributed by atoms with van der Waals surface area (Å²) in [5.74, 6) is 0. The molecule has 0 aromatic heterocycles. The number of nitrogens with two attached hydrogens (primary N) is 1. The largest absolute Gasteiger partial charge is 0.330 e. The fraction of sp³-hybridized carbons (Fsp3) is 1.00. The van der Waals surface area contributed by atoms with Crippen molar-refractivity contribution in [3.05, 3.63) is 0 Å². The summed E-state index contributed by atoms with van der Waals surface area (Å²) in [6, 6.07) is 0.627. The summed E-state index contributed by atoms with van der Waals surface area (Å²) in [6.07, 6.45) is 1.10. The van der Waals surface area contributed by atoms with E-state index in [2.05, 4.69) is 39.6 Å². The summed E-state index contributed by atoms with van der Waals surface area (Å²) >= 11 is 0. The highest BCUT2D eigenvalue weighted by Gasteiger charge is 2.19. The van der Waals surface area contributed by atoms with Crippen LogP contribution in [0.1, 0.15) is 34.1 Å². The van der Waals surface area contributed by atoms with E-state index in [9.17, 15) is 0 Å². The molecule has 12 heavy (non-hydrogen) atoms. The van der Waals surface area contributed by atoms with Gasteiger partial charge >= 0.3 is 0 Å². The van der Waals surface area contributed by atoms with E-state index >= 15 is 0 Å². The molecular weight excluding hydrogens is 148 g/mol. The van der Waals surface area contributed by atoms with Crippen LogP contribution in [-0.2, 0) is 0 Å². The summed E-state index contributed by atoms with van der Waals surface area (Å²) in [5.41, 5.74) is 5.90. The summed E-state index contributed by atoms with van der Waals surface area (Å²) in [7, 11) is 2.17. The molecular formula is C10H24N2. The third-order valence-electron chi connectivity index (χ3n) is 2.38. The molecule has 0 fully saturated rings. The lowest BCUT2D eigenvalue weighted by Gasteiger charge is -2.32. The average Bonchev–Trinajstić information content (AvgIpc) is 1.85. The number of hydrogen-bond acceptors (Lipinski definition) is 2. The Labute approximate surface area is 77.1 Å². The van der Waals surface area contributed by atoms with E-state index in [1.54, 1.807) is 0 Å². The summed E-state index contributed by atoms with van der Waals surface area (Å²) in [5, 5.41) is 0. The minimum atomic E-state index is 0.355. The van der Waals surface area contributed by atoms with Crippen LogP contribution in [0.5, 0.6) is 0 Å². The molecule has 0 heterocycles. The fourth-order valence-corrected chi connectivity index (χ4v) is 1.33. The van der Waals surface area contributed by atoms with Crippen molar-refractivity contribution in [3.8, 4) is 0 Å². The molecule has 0 spiro atoms. The molecule has 2 heteroatoms. The zero-order valence-electron chi connectivity index (χ0n) is 9.22. The topological polar surface area (TPSA) is 29.3 Å². The molecule has 0 aromatic rings. The Morgan fingerprint density at radius 1 is 1.33 bits per heavy atom. The maximum atomic E-state index is 5.55. The first-order chi connectivity index (χ1) is 5.39. The quantitative estimate of drug-likeness (QED) is 0.684. The predicted octanol–water partition coefficient (Wildman–Crippen LogP) is 1.70. The average molecular weight is 172 g/mol. The molecule has 0 radical (unpaired) electrons. The molecule has 0 unspecified atom stereocenters. The minimum Gasteiger partial charge on any atom is -0.330 e. The number of nitrogens with zero attached hydrogens (tertiary/aromatic N) is 1. The van der Waals surface area contributed by atoms with Crippen molar-refractivity contribution in [2.75, 3.05) is 20.1 Å². The lowest BCUT2D eigenvalue weighted by atomic mass is 9.88. The third kappa shape index (κ3) is 4.73. The third-order valence-corrected chi connectivity index (χ3v) is 2.38. The van der Waals surface area contributed by atoms with Crippen LogP contribution in [0.25, 0.3) is 0 Å². The zero-order chi connectivity index (χ0) is 9.78. The van der Waals surface area contributed by atoms with E-state index in [0.29, 0.717) is 11.5 Å². The van der Waals surface area contributed by atoms with Crippen LogP contribution in [0.2, 0.25) is 0 Å². The van der Waals surface area contributed by atoms with Crippen LogP contribution in [0.3, 0.4) is 0 Å². The van der Waals surface area contributed by atoms with Gasteiger partial charge in [-0.3, -0.25) is 0 Å². The normalized spacial score (nSPS) is 13.0. The van der Waals surface area contributed by atoms with Gasteiger partial charge in [0.25, 0.3) is 0 Å². The van der Waals surface area contributed by atoms with Crippen molar-refractivity contribution in [1.82, 2.24) is 4.90 Å². The van der Waals surface area contributed by atoms with Crippen LogP contribution in [0, 0.1) is 5.41 Å². The number of hydrogen-bond donors (Lipinski definition) is 1. The Morgan fingerprint density at radius 3 is 2.17 bits per heavy atom. The van der Waals surface area contributed by atoms with Crippen molar-refractivity contribution < 1.29 is 0 Å². The summed E-state index contributed by atoms with van der Waals surface area (Å²) < 4.78 is 0. The second-order valence-corrected chi connectivity index (χ2v) is 4.71. The van der Waals surface area contributed by atoms with Gasteiger partial charge in [0.05, 0.1) is 0 Å². The van der Waals surface area contributed by atoms with Gasteiger partial charge in [-0.15, -0.1) is 0 Å². The molecule has 0 atom stereocenters. The lowest BCUT2D eigenvalue weighted by Crippen LogP contribution is -2.36. The van der Waals surface area contributed by atoms with Crippen molar-refractivity contribution in [1.29, 1.82) is 0 Å². The van der Waals surface area contributed by atoms with Crippen molar-refractivity contribution in [2.45, 2.75) is 40.2 Å².